The van der Waals surface area contributed by atoms with Gasteiger partial charge in [0.05, 0.1) is 12.1 Å². The van der Waals surface area contributed by atoms with Crippen LogP contribution in [0.5, 0.6) is 17.2 Å². The van der Waals surface area contributed by atoms with Crippen molar-refractivity contribution in [2.24, 2.45) is 0 Å². The van der Waals surface area contributed by atoms with Gasteiger partial charge in [-0.3, -0.25) is 4.79 Å². The Morgan fingerprint density at radius 2 is 2.00 bits per heavy atom. The number of hydrogen-bond donors (Lipinski definition) is 1. The summed E-state index contributed by atoms with van der Waals surface area (Å²) in [5, 5.41) is 3.32. The molecule has 0 atom stereocenters. The lowest BCUT2D eigenvalue weighted by molar-refractivity contribution is 0.0944. The van der Waals surface area contributed by atoms with Crippen molar-refractivity contribution in [3.05, 3.63) is 48.0 Å². The van der Waals surface area contributed by atoms with Crippen LogP contribution in [0.1, 0.15) is 24.2 Å². The maximum absolute atomic E-state index is 12.4. The average Bonchev–Trinajstić information content (AvgIpc) is 3.06. The molecule has 6 heteroatoms. The molecular weight excluding hydrogens is 338 g/mol. The number of carbonyl (C=O) groups is 1. The van der Waals surface area contributed by atoms with Gasteiger partial charge in [-0.25, -0.2) is 0 Å². The molecule has 2 aromatic carbocycles. The number of thioether (sulfide) groups is 1. The first-order valence-corrected chi connectivity index (χ1v) is 9.08. The molecule has 5 nitrogen and oxygen atoms in total. The molecule has 0 fully saturated rings. The molecule has 1 aliphatic rings. The van der Waals surface area contributed by atoms with Gasteiger partial charge >= 0.3 is 0 Å². The summed E-state index contributed by atoms with van der Waals surface area (Å²) in [6.45, 7) is 5.26. The first-order valence-electron chi connectivity index (χ1n) is 8.20. The second-order valence-electron chi connectivity index (χ2n) is 5.78. The van der Waals surface area contributed by atoms with Crippen LogP contribution in [0.15, 0.2) is 47.4 Å². The Hall–Kier alpha value is -2.34. The lowest BCUT2D eigenvalue weighted by atomic mass is 10.2. The zero-order chi connectivity index (χ0) is 17.6. The van der Waals surface area contributed by atoms with Crippen LogP contribution in [-0.2, 0) is 0 Å². The first kappa shape index (κ1) is 17.5. The molecule has 0 aliphatic carbocycles. The highest BCUT2D eigenvalue weighted by atomic mass is 32.2. The van der Waals surface area contributed by atoms with Crippen LogP contribution in [0.4, 0.5) is 0 Å². The molecule has 0 unspecified atom stereocenters. The van der Waals surface area contributed by atoms with Crippen LogP contribution >= 0.6 is 11.8 Å². The van der Waals surface area contributed by atoms with E-state index in [9.17, 15) is 4.79 Å². The lowest BCUT2D eigenvalue weighted by Crippen LogP contribution is -2.28. The van der Waals surface area contributed by atoms with Gasteiger partial charge in [0, 0.05) is 16.2 Å². The molecular formula is C19H21NO4S. The monoisotopic (exact) mass is 359 g/mol. The molecule has 0 radical (unpaired) electrons. The smallest absolute Gasteiger partial charge is 0.252 e. The van der Waals surface area contributed by atoms with Crippen molar-refractivity contribution in [1.29, 1.82) is 0 Å². The van der Waals surface area contributed by atoms with Gasteiger partial charge < -0.3 is 19.5 Å². The SMILES string of the molecule is CC(C)Sc1ccccc1C(=O)NCCOc1ccc2c(c1)OCO2. The molecule has 0 spiro atoms. The standard InChI is InChI=1S/C19H21NO4S/c1-13(2)25-18-6-4-3-5-15(18)19(21)20-9-10-22-14-7-8-16-17(11-14)24-12-23-16/h3-8,11,13H,9-10,12H2,1-2H3,(H,20,21). The third-order valence-electron chi connectivity index (χ3n) is 3.49. The summed E-state index contributed by atoms with van der Waals surface area (Å²) in [5.74, 6) is 2.01. The van der Waals surface area contributed by atoms with Crippen LogP contribution in [0.3, 0.4) is 0 Å². The van der Waals surface area contributed by atoms with E-state index in [1.54, 1.807) is 17.8 Å². The molecule has 25 heavy (non-hydrogen) atoms. The van der Waals surface area contributed by atoms with Crippen LogP contribution < -0.4 is 19.5 Å². The van der Waals surface area contributed by atoms with Gasteiger partial charge in [-0.1, -0.05) is 26.0 Å². The van der Waals surface area contributed by atoms with Crippen molar-refractivity contribution in [2.75, 3.05) is 19.9 Å². The Balaban J connectivity index is 1.50. The number of fused-ring (bicyclic) bond motifs is 1. The summed E-state index contributed by atoms with van der Waals surface area (Å²) in [6.07, 6.45) is 0. The predicted molar refractivity (Wildman–Crippen MR) is 97.8 cm³/mol. The second-order valence-corrected chi connectivity index (χ2v) is 7.40. The molecule has 0 saturated heterocycles. The zero-order valence-corrected chi connectivity index (χ0v) is 15.1. The Labute approximate surface area is 151 Å². The highest BCUT2D eigenvalue weighted by Crippen LogP contribution is 2.35. The maximum atomic E-state index is 12.4. The second kappa shape index (κ2) is 8.16. The fraction of sp³-hybridized carbons (Fsp3) is 0.316. The number of nitrogens with one attached hydrogen (secondary N) is 1. The Morgan fingerprint density at radius 1 is 1.20 bits per heavy atom. The number of amides is 1. The molecule has 3 rings (SSSR count). The third-order valence-corrected chi connectivity index (χ3v) is 4.58. The average molecular weight is 359 g/mol. The largest absolute Gasteiger partial charge is 0.492 e. The minimum Gasteiger partial charge on any atom is -0.492 e. The summed E-state index contributed by atoms with van der Waals surface area (Å²) in [4.78, 5) is 13.4. The van der Waals surface area contributed by atoms with Gasteiger partial charge in [-0.05, 0) is 24.3 Å². The third kappa shape index (κ3) is 4.60. The van der Waals surface area contributed by atoms with E-state index in [2.05, 4.69) is 19.2 Å². The van der Waals surface area contributed by atoms with Crippen molar-refractivity contribution >= 4 is 17.7 Å². The van der Waals surface area contributed by atoms with Crippen molar-refractivity contribution < 1.29 is 19.0 Å². The highest BCUT2D eigenvalue weighted by Gasteiger charge is 2.14. The molecule has 2 aromatic rings. The van der Waals surface area contributed by atoms with Gasteiger partial charge in [0.15, 0.2) is 11.5 Å². The Bertz CT molecular complexity index is 748. The van der Waals surface area contributed by atoms with E-state index < -0.39 is 0 Å². The van der Waals surface area contributed by atoms with E-state index in [4.69, 9.17) is 14.2 Å². The number of ether oxygens (including phenoxy) is 3. The molecule has 0 bridgehead atoms. The van der Waals surface area contributed by atoms with Gasteiger partial charge in [0.1, 0.15) is 12.4 Å². The normalized spacial score (nSPS) is 12.3. The summed E-state index contributed by atoms with van der Waals surface area (Å²) in [6, 6.07) is 13.1. The van der Waals surface area contributed by atoms with Crippen molar-refractivity contribution in [3.63, 3.8) is 0 Å². The fourth-order valence-electron chi connectivity index (χ4n) is 2.41. The van der Waals surface area contributed by atoms with Crippen molar-refractivity contribution in [1.82, 2.24) is 5.32 Å². The summed E-state index contributed by atoms with van der Waals surface area (Å²) >= 11 is 1.68. The number of carbonyl (C=O) groups excluding carboxylic acids is 1. The minimum absolute atomic E-state index is 0.0852. The van der Waals surface area contributed by atoms with Crippen LogP contribution in [0, 0.1) is 0 Å². The van der Waals surface area contributed by atoms with E-state index in [1.807, 2.05) is 36.4 Å². The van der Waals surface area contributed by atoms with E-state index >= 15 is 0 Å². The molecule has 1 N–H and O–H groups in total. The van der Waals surface area contributed by atoms with Gasteiger partial charge in [0.25, 0.3) is 5.91 Å². The Morgan fingerprint density at radius 3 is 2.84 bits per heavy atom. The number of benzene rings is 2. The molecule has 1 heterocycles. The minimum atomic E-state index is -0.0852. The number of hydrogen-bond acceptors (Lipinski definition) is 5. The van der Waals surface area contributed by atoms with Crippen LogP contribution in [0.2, 0.25) is 0 Å². The molecule has 0 aromatic heterocycles. The molecule has 0 saturated carbocycles. The topological polar surface area (TPSA) is 56.8 Å². The predicted octanol–water partition coefficient (Wildman–Crippen LogP) is 3.72. The quantitative estimate of drug-likeness (QED) is 0.603. The van der Waals surface area contributed by atoms with Gasteiger partial charge in [-0.15, -0.1) is 11.8 Å². The van der Waals surface area contributed by atoms with Crippen LogP contribution in [-0.4, -0.2) is 31.1 Å². The van der Waals surface area contributed by atoms with Crippen molar-refractivity contribution in [3.8, 4) is 17.2 Å². The maximum Gasteiger partial charge on any atom is 0.252 e. The molecule has 132 valence electrons. The Kier molecular flexibility index (Phi) is 5.71. The van der Waals surface area contributed by atoms with E-state index in [1.165, 1.54) is 0 Å². The summed E-state index contributed by atoms with van der Waals surface area (Å²) in [7, 11) is 0. The molecule has 1 aliphatic heterocycles. The molecule has 1 amide bonds. The highest BCUT2D eigenvalue weighted by molar-refractivity contribution is 8.00. The fourth-order valence-corrected chi connectivity index (χ4v) is 3.36. The van der Waals surface area contributed by atoms with E-state index in [0.717, 1.165) is 10.6 Å². The summed E-state index contributed by atoms with van der Waals surface area (Å²) in [5.41, 5.74) is 0.698. The van der Waals surface area contributed by atoms with E-state index in [0.29, 0.717) is 35.5 Å². The summed E-state index contributed by atoms with van der Waals surface area (Å²) < 4.78 is 16.2. The number of rotatable bonds is 7. The lowest BCUT2D eigenvalue weighted by Gasteiger charge is -2.12. The van der Waals surface area contributed by atoms with Crippen molar-refractivity contribution in [2.45, 2.75) is 24.0 Å². The zero-order valence-electron chi connectivity index (χ0n) is 14.3. The van der Waals surface area contributed by atoms with Gasteiger partial charge in [0.2, 0.25) is 6.79 Å². The van der Waals surface area contributed by atoms with Gasteiger partial charge in [-0.2, -0.15) is 0 Å². The van der Waals surface area contributed by atoms with Crippen LogP contribution in [0.25, 0.3) is 0 Å². The van der Waals surface area contributed by atoms with E-state index in [-0.39, 0.29) is 12.7 Å². The first-order chi connectivity index (χ1) is 12.1.